The average Bonchev–Trinajstić information content (AvgIpc) is 3.36. The minimum atomic E-state index is -0.737. The van der Waals surface area contributed by atoms with Crippen LogP contribution in [0.4, 0.5) is 4.79 Å². The highest BCUT2D eigenvalue weighted by molar-refractivity contribution is 5.68. The molecule has 7 heteroatoms. The van der Waals surface area contributed by atoms with Gasteiger partial charge in [0.1, 0.15) is 30.8 Å². The van der Waals surface area contributed by atoms with Crippen LogP contribution in [-0.2, 0) is 18.0 Å². The lowest BCUT2D eigenvalue weighted by Crippen LogP contribution is -2.32. The molecule has 3 aromatic carbocycles. The van der Waals surface area contributed by atoms with E-state index in [-0.39, 0.29) is 13.2 Å². The number of imidazole rings is 1. The van der Waals surface area contributed by atoms with Crippen LogP contribution >= 0.6 is 0 Å². The van der Waals surface area contributed by atoms with E-state index in [0.29, 0.717) is 23.9 Å². The van der Waals surface area contributed by atoms with Crippen molar-refractivity contribution >= 4 is 6.09 Å². The summed E-state index contributed by atoms with van der Waals surface area (Å²) in [4.78, 5) is 19.7. The van der Waals surface area contributed by atoms with Gasteiger partial charge in [0.15, 0.2) is 0 Å². The number of rotatable bonds is 9. The summed E-state index contributed by atoms with van der Waals surface area (Å²) in [7, 11) is 0. The highest BCUT2D eigenvalue weighted by Gasteiger charge is 2.19. The molecule has 0 spiro atoms. The molecule has 0 fully saturated rings. The zero-order chi connectivity index (χ0) is 22.9. The number of aliphatic hydroxyl groups excluding tert-OH is 1. The van der Waals surface area contributed by atoms with Crippen LogP contribution in [0.15, 0.2) is 91.1 Å². The maximum absolute atomic E-state index is 12.2. The van der Waals surface area contributed by atoms with Gasteiger partial charge in [-0.05, 0) is 23.3 Å². The Morgan fingerprint density at radius 3 is 2.24 bits per heavy atom. The molecule has 0 aliphatic heterocycles. The number of aliphatic hydroxyl groups is 1. The Hall–Kier alpha value is -4.10. The quantitative estimate of drug-likeness (QED) is 0.351. The smallest absolute Gasteiger partial charge is 0.408 e. The third kappa shape index (κ3) is 5.99. The normalized spacial score (nSPS) is 11.5. The van der Waals surface area contributed by atoms with E-state index in [4.69, 9.17) is 9.47 Å². The van der Waals surface area contributed by atoms with Crippen LogP contribution in [0.3, 0.4) is 0 Å². The first kappa shape index (κ1) is 22.1. The van der Waals surface area contributed by atoms with E-state index >= 15 is 0 Å². The van der Waals surface area contributed by atoms with Crippen molar-refractivity contribution in [3.05, 3.63) is 108 Å². The second kappa shape index (κ2) is 11.0. The molecule has 3 N–H and O–H groups in total. The minimum absolute atomic E-state index is 0.139. The second-order valence-electron chi connectivity index (χ2n) is 7.39. The molecule has 7 nitrogen and oxygen atoms in total. The van der Waals surface area contributed by atoms with Gasteiger partial charge in [-0.2, -0.15) is 0 Å². The largest absolute Gasteiger partial charge is 0.488 e. The Morgan fingerprint density at radius 2 is 1.55 bits per heavy atom. The first-order valence-electron chi connectivity index (χ1n) is 10.6. The number of aromatic amines is 1. The number of H-pyrrole nitrogens is 1. The Balaban J connectivity index is 1.41. The zero-order valence-electron chi connectivity index (χ0n) is 18.0. The number of ether oxygens (including phenoxy) is 2. The summed E-state index contributed by atoms with van der Waals surface area (Å²) < 4.78 is 11.3. The Bertz CT molecular complexity index is 1160. The molecular weight excluding hydrogens is 418 g/mol. The predicted octanol–water partition coefficient (Wildman–Crippen LogP) is 4.62. The van der Waals surface area contributed by atoms with Crippen molar-refractivity contribution in [1.29, 1.82) is 0 Å². The van der Waals surface area contributed by atoms with E-state index in [1.54, 1.807) is 6.20 Å². The molecule has 0 bridgehead atoms. The Labute approximate surface area is 192 Å². The summed E-state index contributed by atoms with van der Waals surface area (Å²) in [5.74, 6) is 1.12. The van der Waals surface area contributed by atoms with E-state index in [1.165, 1.54) is 0 Å². The van der Waals surface area contributed by atoms with Crippen molar-refractivity contribution in [1.82, 2.24) is 15.3 Å². The summed E-state index contributed by atoms with van der Waals surface area (Å²) in [6.45, 7) is 0.243. The van der Waals surface area contributed by atoms with E-state index in [0.717, 1.165) is 16.7 Å². The molecule has 4 rings (SSSR count). The molecule has 0 aliphatic carbocycles. The number of alkyl carbamates (subject to hydrolysis) is 1. The summed E-state index contributed by atoms with van der Waals surface area (Å²) in [6.07, 6.45) is 1.02. The molecule has 1 heterocycles. The van der Waals surface area contributed by atoms with Crippen molar-refractivity contribution in [3.8, 4) is 17.0 Å². The van der Waals surface area contributed by atoms with Gasteiger partial charge in [0.05, 0.1) is 18.5 Å². The van der Waals surface area contributed by atoms with Gasteiger partial charge < -0.3 is 24.9 Å². The molecule has 0 radical (unpaired) electrons. The number of carbonyl (C=O) groups excluding carboxylic acids is 1. The third-order valence-electron chi connectivity index (χ3n) is 5.03. The number of benzene rings is 3. The molecule has 1 atom stereocenters. The number of nitrogens with one attached hydrogen (secondary N) is 2. The van der Waals surface area contributed by atoms with Crippen molar-refractivity contribution < 1.29 is 19.4 Å². The third-order valence-corrected chi connectivity index (χ3v) is 5.03. The molecule has 168 valence electrons. The summed E-state index contributed by atoms with van der Waals surface area (Å²) >= 11 is 0. The number of nitrogens with zero attached hydrogens (tertiary/aromatic N) is 1. The van der Waals surface area contributed by atoms with Gasteiger partial charge in [0.25, 0.3) is 0 Å². The van der Waals surface area contributed by atoms with Gasteiger partial charge in [-0.3, -0.25) is 0 Å². The molecular formula is C26H25N3O4. The summed E-state index contributed by atoms with van der Waals surface area (Å²) in [5.41, 5.74) is 3.49. The number of hydrogen-bond donors (Lipinski definition) is 3. The Morgan fingerprint density at radius 1 is 0.909 bits per heavy atom. The molecule has 0 aliphatic rings. The maximum Gasteiger partial charge on any atom is 0.408 e. The Kier molecular flexibility index (Phi) is 7.35. The highest BCUT2D eigenvalue weighted by atomic mass is 16.5. The molecule has 1 unspecified atom stereocenters. The van der Waals surface area contributed by atoms with Gasteiger partial charge >= 0.3 is 6.09 Å². The zero-order valence-corrected chi connectivity index (χ0v) is 18.0. The average molecular weight is 444 g/mol. The summed E-state index contributed by atoms with van der Waals surface area (Å²) in [5, 5.41) is 12.4. The fourth-order valence-electron chi connectivity index (χ4n) is 3.31. The van der Waals surface area contributed by atoms with Crippen LogP contribution in [0.2, 0.25) is 0 Å². The monoisotopic (exact) mass is 443 g/mol. The van der Waals surface area contributed by atoms with Gasteiger partial charge in [0, 0.05) is 5.56 Å². The standard InChI is InChI=1S/C26H25N3O4/c30-16-23(29-26(31)33-18-20-11-5-2-6-12-20)25-27-15-22(28-25)21-13-7-8-14-24(21)32-17-19-9-3-1-4-10-19/h1-15,23,30H,16-18H2,(H,27,28)(H,29,31). The van der Waals surface area contributed by atoms with Crippen LogP contribution in [0.1, 0.15) is 23.0 Å². The van der Waals surface area contributed by atoms with Gasteiger partial charge in [-0.15, -0.1) is 0 Å². The van der Waals surface area contributed by atoms with E-state index in [1.807, 2.05) is 84.9 Å². The lowest BCUT2D eigenvalue weighted by molar-refractivity contribution is 0.128. The van der Waals surface area contributed by atoms with Crippen LogP contribution in [0.5, 0.6) is 5.75 Å². The van der Waals surface area contributed by atoms with Gasteiger partial charge in [0.2, 0.25) is 0 Å². The van der Waals surface area contributed by atoms with E-state index in [9.17, 15) is 9.90 Å². The van der Waals surface area contributed by atoms with Crippen molar-refractivity contribution in [2.24, 2.45) is 0 Å². The lowest BCUT2D eigenvalue weighted by Gasteiger charge is -2.14. The fourth-order valence-corrected chi connectivity index (χ4v) is 3.31. The number of hydrogen-bond acceptors (Lipinski definition) is 5. The fraction of sp³-hybridized carbons (Fsp3) is 0.154. The molecule has 1 amide bonds. The molecule has 1 aromatic heterocycles. The van der Waals surface area contributed by atoms with Crippen LogP contribution in [0.25, 0.3) is 11.3 Å². The first-order valence-corrected chi connectivity index (χ1v) is 10.6. The SMILES string of the molecule is O=C(NC(CO)c1ncc(-c2ccccc2OCc2ccccc2)[nH]1)OCc1ccccc1. The van der Waals surface area contributed by atoms with Crippen LogP contribution < -0.4 is 10.1 Å². The molecule has 0 saturated heterocycles. The first-order chi connectivity index (χ1) is 16.2. The minimum Gasteiger partial charge on any atom is -0.488 e. The molecule has 33 heavy (non-hydrogen) atoms. The van der Waals surface area contributed by atoms with Crippen molar-refractivity contribution in [2.75, 3.05) is 6.61 Å². The van der Waals surface area contributed by atoms with Crippen LogP contribution in [0, 0.1) is 0 Å². The maximum atomic E-state index is 12.2. The number of para-hydroxylation sites is 1. The number of carbonyl (C=O) groups is 1. The number of amides is 1. The molecule has 4 aromatic rings. The molecule has 0 saturated carbocycles. The number of aromatic nitrogens is 2. The summed E-state index contributed by atoms with van der Waals surface area (Å²) in [6, 6.07) is 26.2. The second-order valence-corrected chi connectivity index (χ2v) is 7.39. The van der Waals surface area contributed by atoms with Crippen LogP contribution in [-0.4, -0.2) is 27.8 Å². The lowest BCUT2D eigenvalue weighted by atomic mass is 10.1. The van der Waals surface area contributed by atoms with Crippen molar-refractivity contribution in [3.63, 3.8) is 0 Å². The topological polar surface area (TPSA) is 96.5 Å². The van der Waals surface area contributed by atoms with E-state index < -0.39 is 12.1 Å². The van der Waals surface area contributed by atoms with E-state index in [2.05, 4.69) is 15.3 Å². The van der Waals surface area contributed by atoms with Gasteiger partial charge in [-0.1, -0.05) is 72.8 Å². The predicted molar refractivity (Wildman–Crippen MR) is 124 cm³/mol. The van der Waals surface area contributed by atoms with Gasteiger partial charge in [-0.25, -0.2) is 9.78 Å². The van der Waals surface area contributed by atoms with Crippen molar-refractivity contribution in [2.45, 2.75) is 19.3 Å². The highest BCUT2D eigenvalue weighted by Crippen LogP contribution is 2.30.